The molecule has 1 unspecified atom stereocenters. The number of carboxylic acids is 1. The van der Waals surface area contributed by atoms with Gasteiger partial charge >= 0.3 is 5.97 Å². The van der Waals surface area contributed by atoms with Crippen LogP contribution in [0.2, 0.25) is 4.34 Å². The van der Waals surface area contributed by atoms with E-state index in [9.17, 15) is 14.7 Å². The monoisotopic (exact) mass is 494 g/mol. The molecule has 2 aliphatic carbocycles. The van der Waals surface area contributed by atoms with Gasteiger partial charge in [0.15, 0.2) is 0 Å². The number of halogens is 1. The molecule has 33 heavy (non-hydrogen) atoms. The number of Topliss-reactive ketones (excluding diaryl/α,β-unsaturated/α-hetero) is 1. The molecule has 0 amide bonds. The number of allylic oxidation sites excluding steroid dienone is 2. The molecule has 0 aromatic carbocycles. The van der Waals surface area contributed by atoms with E-state index >= 15 is 0 Å². The highest BCUT2D eigenvalue weighted by atomic mass is 35.5. The lowest BCUT2D eigenvalue weighted by molar-refractivity contribution is -0.137. The van der Waals surface area contributed by atoms with Crippen LogP contribution >= 0.6 is 22.9 Å². The first kappa shape index (κ1) is 26.1. The summed E-state index contributed by atoms with van der Waals surface area (Å²) in [5.74, 6) is -0.721. The molecule has 2 N–H and O–H groups in total. The Morgan fingerprint density at radius 1 is 1.33 bits per heavy atom. The number of aliphatic hydroxyl groups is 1. The molecule has 7 heteroatoms. The molecule has 2 aliphatic rings. The summed E-state index contributed by atoms with van der Waals surface area (Å²) in [5, 5.41) is 19.8. The molecule has 2 fully saturated rings. The average Bonchev–Trinajstić information content (AvgIpc) is 3.29. The largest absolute Gasteiger partial charge is 0.481 e. The van der Waals surface area contributed by atoms with Crippen LogP contribution in [0.4, 0.5) is 0 Å². The maximum absolute atomic E-state index is 12.6. The summed E-state index contributed by atoms with van der Waals surface area (Å²) in [7, 11) is 1.65. The first-order valence-electron chi connectivity index (χ1n) is 11.9. The minimum Gasteiger partial charge on any atom is -0.481 e. The van der Waals surface area contributed by atoms with Crippen molar-refractivity contribution >= 4 is 34.7 Å². The van der Waals surface area contributed by atoms with Gasteiger partial charge in [0.05, 0.1) is 16.5 Å². The van der Waals surface area contributed by atoms with Gasteiger partial charge in [-0.2, -0.15) is 0 Å². The lowest BCUT2D eigenvalue weighted by Crippen LogP contribution is -2.42. The SMILES string of the molecule is CO[C@@H]1CC(=O)[C@H](C/C=C\CCCC(=O)O)[C@H]1/C=C/CC(O)C1(Cc2ccc(Cl)s2)CCC1. The number of hydrogen-bond donors (Lipinski definition) is 2. The van der Waals surface area contributed by atoms with E-state index in [1.807, 2.05) is 24.3 Å². The molecule has 1 heterocycles. The van der Waals surface area contributed by atoms with Crippen molar-refractivity contribution in [2.45, 2.75) is 76.4 Å². The van der Waals surface area contributed by atoms with E-state index in [4.69, 9.17) is 21.4 Å². The number of thiophene rings is 1. The fourth-order valence-corrected chi connectivity index (χ4v) is 6.39. The standard InChI is InChI=1S/C26H35ClO5S/c1-32-22-16-21(28)19(8-4-2-3-5-11-25(30)31)20(22)9-6-10-23(29)26(14-7-15-26)17-18-12-13-24(27)33-18/h2,4,6,9,12-13,19-20,22-23,29H,3,5,7-8,10-11,14-17H2,1H3,(H,30,31)/b4-2-,9-6+/t19-,20-,22-,23?/m1/s1. The van der Waals surface area contributed by atoms with Crippen LogP contribution in [-0.4, -0.2) is 41.3 Å². The lowest BCUT2D eigenvalue weighted by Gasteiger charge is -2.45. The topological polar surface area (TPSA) is 83.8 Å². The zero-order chi connectivity index (χ0) is 23.8. The summed E-state index contributed by atoms with van der Waals surface area (Å²) in [6, 6.07) is 3.98. The minimum absolute atomic E-state index is 0.00758. The predicted molar refractivity (Wildman–Crippen MR) is 132 cm³/mol. The van der Waals surface area contributed by atoms with Crippen LogP contribution in [0.1, 0.15) is 62.7 Å². The van der Waals surface area contributed by atoms with E-state index < -0.39 is 12.1 Å². The Morgan fingerprint density at radius 3 is 2.73 bits per heavy atom. The molecule has 0 saturated heterocycles. The van der Waals surface area contributed by atoms with Crippen molar-refractivity contribution in [3.05, 3.63) is 45.7 Å². The predicted octanol–water partition coefficient (Wildman–Crippen LogP) is 5.84. The third kappa shape index (κ3) is 7.01. The Balaban J connectivity index is 1.56. The lowest BCUT2D eigenvalue weighted by atomic mass is 9.62. The molecule has 3 rings (SSSR count). The Hall–Kier alpha value is -1.47. The van der Waals surface area contributed by atoms with Crippen molar-refractivity contribution in [3.8, 4) is 0 Å². The van der Waals surface area contributed by atoms with Crippen molar-refractivity contribution < 1.29 is 24.5 Å². The molecular formula is C26H35ClO5S. The number of aliphatic carboxylic acids is 1. The first-order chi connectivity index (χ1) is 15.8. The molecule has 0 bridgehead atoms. The fraction of sp³-hybridized carbons (Fsp3) is 0.615. The van der Waals surface area contributed by atoms with E-state index in [0.717, 1.165) is 30.0 Å². The molecule has 2 saturated carbocycles. The van der Waals surface area contributed by atoms with Crippen LogP contribution in [0.15, 0.2) is 36.4 Å². The molecule has 0 radical (unpaired) electrons. The van der Waals surface area contributed by atoms with Gasteiger partial charge < -0.3 is 14.9 Å². The maximum Gasteiger partial charge on any atom is 0.303 e. The molecule has 0 aliphatic heterocycles. The number of unbranched alkanes of at least 4 members (excludes halogenated alkanes) is 1. The quantitative estimate of drug-likeness (QED) is 0.265. The molecule has 1 aromatic heterocycles. The van der Waals surface area contributed by atoms with E-state index in [1.165, 1.54) is 4.88 Å². The van der Waals surface area contributed by atoms with E-state index in [-0.39, 0.29) is 35.6 Å². The van der Waals surface area contributed by atoms with Gasteiger partial charge in [0.1, 0.15) is 5.78 Å². The highest BCUT2D eigenvalue weighted by Crippen LogP contribution is 2.48. The van der Waals surface area contributed by atoms with Crippen molar-refractivity contribution in [2.75, 3.05) is 7.11 Å². The van der Waals surface area contributed by atoms with Gasteiger partial charge in [-0.3, -0.25) is 9.59 Å². The zero-order valence-electron chi connectivity index (χ0n) is 19.2. The average molecular weight is 495 g/mol. The Bertz CT molecular complexity index is 857. The second kappa shape index (κ2) is 12.3. The summed E-state index contributed by atoms with van der Waals surface area (Å²) in [5.41, 5.74) is -0.0806. The van der Waals surface area contributed by atoms with Crippen LogP contribution in [0.3, 0.4) is 0 Å². The smallest absolute Gasteiger partial charge is 0.303 e. The Morgan fingerprint density at radius 2 is 2.12 bits per heavy atom. The van der Waals surface area contributed by atoms with Gasteiger partial charge in [-0.05, 0) is 57.1 Å². The number of methoxy groups -OCH3 is 1. The van der Waals surface area contributed by atoms with E-state index in [1.54, 1.807) is 18.4 Å². The van der Waals surface area contributed by atoms with Gasteiger partial charge in [0.2, 0.25) is 0 Å². The number of carbonyl (C=O) groups excluding carboxylic acids is 1. The van der Waals surface area contributed by atoms with Crippen LogP contribution in [-0.2, 0) is 20.7 Å². The van der Waals surface area contributed by atoms with Crippen molar-refractivity contribution in [2.24, 2.45) is 17.3 Å². The van der Waals surface area contributed by atoms with Crippen molar-refractivity contribution in [1.82, 2.24) is 0 Å². The number of carboxylic acid groups (broad SMARTS) is 1. The van der Waals surface area contributed by atoms with Gasteiger partial charge in [-0.1, -0.05) is 42.3 Å². The Labute approximate surface area is 205 Å². The second-order valence-corrected chi connectivity index (χ2v) is 11.2. The molecule has 182 valence electrons. The Kier molecular flexibility index (Phi) is 9.74. The van der Waals surface area contributed by atoms with Gasteiger partial charge in [0.25, 0.3) is 0 Å². The van der Waals surface area contributed by atoms with Crippen LogP contribution in [0, 0.1) is 17.3 Å². The normalized spacial score (nSPS) is 25.7. The van der Waals surface area contributed by atoms with Crippen molar-refractivity contribution in [3.63, 3.8) is 0 Å². The number of rotatable bonds is 13. The van der Waals surface area contributed by atoms with E-state index in [0.29, 0.717) is 32.1 Å². The van der Waals surface area contributed by atoms with Crippen LogP contribution < -0.4 is 0 Å². The summed E-state index contributed by atoms with van der Waals surface area (Å²) in [6.07, 6.45) is 14.6. The maximum atomic E-state index is 12.6. The first-order valence-corrected chi connectivity index (χ1v) is 13.1. The van der Waals surface area contributed by atoms with Crippen LogP contribution in [0.25, 0.3) is 0 Å². The number of aliphatic hydroxyl groups excluding tert-OH is 1. The third-order valence-electron chi connectivity index (χ3n) is 7.26. The number of carbonyl (C=O) groups is 2. The summed E-state index contributed by atoms with van der Waals surface area (Å²) < 4.78 is 6.38. The molecule has 5 nitrogen and oxygen atoms in total. The molecule has 4 atom stereocenters. The van der Waals surface area contributed by atoms with E-state index in [2.05, 4.69) is 12.1 Å². The third-order valence-corrected chi connectivity index (χ3v) is 8.49. The highest BCUT2D eigenvalue weighted by Gasteiger charge is 2.43. The van der Waals surface area contributed by atoms with Gasteiger partial charge in [-0.25, -0.2) is 0 Å². The van der Waals surface area contributed by atoms with Crippen molar-refractivity contribution in [1.29, 1.82) is 0 Å². The minimum atomic E-state index is -0.785. The highest BCUT2D eigenvalue weighted by molar-refractivity contribution is 7.16. The summed E-state index contributed by atoms with van der Waals surface area (Å²) in [4.78, 5) is 24.4. The zero-order valence-corrected chi connectivity index (χ0v) is 20.8. The number of ether oxygens (including phenoxy) is 1. The van der Waals surface area contributed by atoms with Gasteiger partial charge in [-0.15, -0.1) is 11.3 Å². The molecule has 1 aromatic rings. The summed E-state index contributed by atoms with van der Waals surface area (Å²) in [6.45, 7) is 0. The summed E-state index contributed by atoms with van der Waals surface area (Å²) >= 11 is 7.68. The number of ketones is 1. The molecule has 0 spiro atoms. The fourth-order valence-electron chi connectivity index (χ4n) is 5.15. The number of hydrogen-bond acceptors (Lipinski definition) is 5. The second-order valence-electron chi connectivity index (χ2n) is 9.40. The molecular weight excluding hydrogens is 460 g/mol. The van der Waals surface area contributed by atoms with Crippen LogP contribution in [0.5, 0.6) is 0 Å². The van der Waals surface area contributed by atoms with Gasteiger partial charge in [0, 0.05) is 42.1 Å².